The van der Waals surface area contributed by atoms with E-state index in [0.29, 0.717) is 23.7 Å². The molecule has 3 N–H and O–H groups in total. The Morgan fingerprint density at radius 1 is 1.22 bits per heavy atom. The quantitative estimate of drug-likeness (QED) is 0.715. The molecule has 0 bridgehead atoms. The summed E-state index contributed by atoms with van der Waals surface area (Å²) in [5.74, 6) is 0.825. The van der Waals surface area contributed by atoms with Crippen molar-refractivity contribution in [3.63, 3.8) is 0 Å². The Hall–Kier alpha value is -3.41. The summed E-state index contributed by atoms with van der Waals surface area (Å²) < 4.78 is 13.4. The van der Waals surface area contributed by atoms with Gasteiger partial charge in [0, 0.05) is 24.5 Å². The van der Waals surface area contributed by atoms with Crippen molar-refractivity contribution in [3.8, 4) is 0 Å². The molecule has 1 aromatic heterocycles. The molecule has 0 spiro atoms. The van der Waals surface area contributed by atoms with Crippen molar-refractivity contribution < 1.29 is 4.39 Å². The summed E-state index contributed by atoms with van der Waals surface area (Å²) in [6, 6.07) is 13.0. The third kappa shape index (κ3) is 3.46. The minimum Gasteiger partial charge on any atom is -0.383 e. The van der Waals surface area contributed by atoms with Gasteiger partial charge in [-0.15, -0.1) is 0 Å². The van der Waals surface area contributed by atoms with Gasteiger partial charge in [-0.25, -0.2) is 14.4 Å². The normalized spacial score (nSPS) is 12.7. The van der Waals surface area contributed by atoms with Gasteiger partial charge in [0.25, 0.3) is 0 Å². The monoisotopic (exact) mass is 361 g/mol. The zero-order chi connectivity index (χ0) is 18.8. The van der Waals surface area contributed by atoms with Gasteiger partial charge in [0.05, 0.1) is 5.56 Å². The fraction of sp³-hybridized carbons (Fsp3) is 0.143. The molecule has 1 aliphatic rings. The van der Waals surface area contributed by atoms with Crippen molar-refractivity contribution in [3.05, 3.63) is 77.9 Å². The summed E-state index contributed by atoms with van der Waals surface area (Å²) in [5.41, 5.74) is 10.9. The predicted octanol–water partition coefficient (Wildman–Crippen LogP) is 4.15. The van der Waals surface area contributed by atoms with Crippen LogP contribution < -0.4 is 16.0 Å². The lowest BCUT2D eigenvalue weighted by molar-refractivity contribution is 0.624. The van der Waals surface area contributed by atoms with Gasteiger partial charge in [-0.1, -0.05) is 24.8 Å². The van der Waals surface area contributed by atoms with Crippen LogP contribution in [0.3, 0.4) is 0 Å². The summed E-state index contributed by atoms with van der Waals surface area (Å²) in [5, 5.41) is 3.30. The molecule has 4 rings (SSSR count). The van der Waals surface area contributed by atoms with Gasteiger partial charge in [0.1, 0.15) is 23.8 Å². The molecular formula is C21H20FN5. The molecule has 0 aliphatic carbocycles. The van der Waals surface area contributed by atoms with Crippen molar-refractivity contribution >= 4 is 29.1 Å². The number of aromatic nitrogens is 2. The highest BCUT2D eigenvalue weighted by Crippen LogP contribution is 2.33. The summed E-state index contributed by atoms with van der Waals surface area (Å²) in [6.07, 6.45) is 4.02. The second kappa shape index (κ2) is 7.07. The van der Waals surface area contributed by atoms with E-state index in [0.717, 1.165) is 24.2 Å². The molecule has 2 heterocycles. The molecule has 3 aromatic rings. The molecule has 0 fully saturated rings. The van der Waals surface area contributed by atoms with E-state index in [9.17, 15) is 4.39 Å². The lowest BCUT2D eigenvalue weighted by atomic mass is 10.1. The summed E-state index contributed by atoms with van der Waals surface area (Å²) in [7, 11) is 0. The van der Waals surface area contributed by atoms with Gasteiger partial charge >= 0.3 is 0 Å². The maximum absolute atomic E-state index is 13.4. The van der Waals surface area contributed by atoms with Crippen LogP contribution >= 0.6 is 0 Å². The first-order valence-electron chi connectivity index (χ1n) is 8.76. The van der Waals surface area contributed by atoms with Crippen molar-refractivity contribution in [1.82, 2.24) is 9.97 Å². The summed E-state index contributed by atoms with van der Waals surface area (Å²) in [4.78, 5) is 10.5. The molecule has 0 atom stereocenters. The number of hydrogen-bond donors (Lipinski definition) is 2. The molecule has 27 heavy (non-hydrogen) atoms. The van der Waals surface area contributed by atoms with Gasteiger partial charge < -0.3 is 16.0 Å². The second-order valence-corrected chi connectivity index (χ2v) is 6.50. The number of nitrogens with zero attached hydrogens (tertiary/aromatic N) is 3. The highest BCUT2D eigenvalue weighted by molar-refractivity contribution is 5.75. The van der Waals surface area contributed by atoms with Crippen molar-refractivity contribution in [2.45, 2.75) is 13.0 Å². The van der Waals surface area contributed by atoms with Crippen LogP contribution in [0.2, 0.25) is 0 Å². The zero-order valence-electron chi connectivity index (χ0n) is 14.8. The summed E-state index contributed by atoms with van der Waals surface area (Å²) in [6.45, 7) is 5.38. The van der Waals surface area contributed by atoms with E-state index in [4.69, 9.17) is 5.73 Å². The number of nitrogen functional groups attached to an aromatic ring is 1. The minimum atomic E-state index is -0.200. The number of nitrogens with one attached hydrogen (secondary N) is 1. The van der Waals surface area contributed by atoms with Crippen molar-refractivity contribution in [1.29, 1.82) is 0 Å². The van der Waals surface area contributed by atoms with Crippen LogP contribution in [-0.4, -0.2) is 16.5 Å². The SMILES string of the molecule is C=Cc1c(N)ncnc1Nc1ccc2c(c1)CCN2Cc1cccc(F)c1. The van der Waals surface area contributed by atoms with Gasteiger partial charge in [-0.2, -0.15) is 0 Å². The average molecular weight is 361 g/mol. The van der Waals surface area contributed by atoms with Crippen molar-refractivity contribution in [2.24, 2.45) is 0 Å². The van der Waals surface area contributed by atoms with Crippen LogP contribution in [-0.2, 0) is 13.0 Å². The van der Waals surface area contributed by atoms with Crippen LogP contribution in [0.5, 0.6) is 0 Å². The molecule has 5 nitrogen and oxygen atoms in total. The first kappa shape index (κ1) is 17.0. The first-order chi connectivity index (χ1) is 13.1. The van der Waals surface area contributed by atoms with Crippen LogP contribution in [0.15, 0.2) is 55.4 Å². The number of fused-ring (bicyclic) bond motifs is 1. The average Bonchev–Trinajstić information content (AvgIpc) is 3.04. The van der Waals surface area contributed by atoms with E-state index in [1.807, 2.05) is 12.1 Å². The number of halogens is 1. The lowest BCUT2D eigenvalue weighted by Crippen LogP contribution is -2.19. The number of hydrogen-bond acceptors (Lipinski definition) is 5. The van der Waals surface area contributed by atoms with E-state index in [1.54, 1.807) is 18.2 Å². The molecule has 6 heteroatoms. The van der Waals surface area contributed by atoms with Crippen LogP contribution in [0.25, 0.3) is 6.08 Å². The molecule has 0 saturated carbocycles. The standard InChI is InChI=1S/C21H20FN5/c1-2-18-20(23)24-13-25-21(18)26-17-6-7-19-15(11-17)8-9-27(19)12-14-4-3-5-16(22)10-14/h2-7,10-11,13H,1,8-9,12H2,(H3,23,24,25,26). The third-order valence-corrected chi connectivity index (χ3v) is 4.72. The second-order valence-electron chi connectivity index (χ2n) is 6.50. The fourth-order valence-electron chi connectivity index (χ4n) is 3.41. The van der Waals surface area contributed by atoms with Gasteiger partial charge in [-0.05, 0) is 47.9 Å². The molecular weight excluding hydrogens is 341 g/mol. The number of benzene rings is 2. The van der Waals surface area contributed by atoms with Gasteiger partial charge in [0.2, 0.25) is 0 Å². The first-order valence-corrected chi connectivity index (χ1v) is 8.76. The molecule has 2 aromatic carbocycles. The van der Waals surface area contributed by atoms with E-state index in [-0.39, 0.29) is 5.82 Å². The molecule has 0 amide bonds. The smallest absolute Gasteiger partial charge is 0.143 e. The Bertz CT molecular complexity index is 1000. The Kier molecular flexibility index (Phi) is 4.46. The molecule has 1 aliphatic heterocycles. The largest absolute Gasteiger partial charge is 0.383 e. The molecule has 136 valence electrons. The highest BCUT2D eigenvalue weighted by Gasteiger charge is 2.20. The molecule has 0 unspecified atom stereocenters. The van der Waals surface area contributed by atoms with Crippen LogP contribution in [0.4, 0.5) is 27.4 Å². The minimum absolute atomic E-state index is 0.200. The van der Waals surface area contributed by atoms with E-state index in [2.05, 4.69) is 38.9 Å². The Labute approximate surface area is 157 Å². The topological polar surface area (TPSA) is 67.1 Å². The maximum Gasteiger partial charge on any atom is 0.143 e. The van der Waals surface area contributed by atoms with Gasteiger partial charge in [0.15, 0.2) is 0 Å². The number of anilines is 4. The Morgan fingerprint density at radius 2 is 2.11 bits per heavy atom. The Balaban J connectivity index is 1.55. The molecule has 0 radical (unpaired) electrons. The maximum atomic E-state index is 13.4. The third-order valence-electron chi connectivity index (χ3n) is 4.72. The molecule has 0 saturated heterocycles. The van der Waals surface area contributed by atoms with Crippen LogP contribution in [0, 0.1) is 5.82 Å². The van der Waals surface area contributed by atoms with E-state index < -0.39 is 0 Å². The zero-order valence-corrected chi connectivity index (χ0v) is 14.8. The predicted molar refractivity (Wildman–Crippen MR) is 107 cm³/mol. The van der Waals surface area contributed by atoms with Crippen molar-refractivity contribution in [2.75, 3.05) is 22.5 Å². The van der Waals surface area contributed by atoms with Gasteiger partial charge in [-0.3, -0.25) is 0 Å². The van der Waals surface area contributed by atoms with E-state index >= 15 is 0 Å². The van der Waals surface area contributed by atoms with E-state index in [1.165, 1.54) is 23.6 Å². The summed E-state index contributed by atoms with van der Waals surface area (Å²) >= 11 is 0. The number of rotatable bonds is 5. The Morgan fingerprint density at radius 3 is 2.93 bits per heavy atom. The lowest BCUT2D eigenvalue weighted by Gasteiger charge is -2.20. The number of nitrogens with two attached hydrogens (primary N) is 1. The van der Waals surface area contributed by atoms with Crippen LogP contribution in [0.1, 0.15) is 16.7 Å². The highest BCUT2D eigenvalue weighted by atomic mass is 19.1. The fourth-order valence-corrected chi connectivity index (χ4v) is 3.41.